The van der Waals surface area contributed by atoms with E-state index in [0.717, 1.165) is 22.2 Å². The number of rotatable bonds is 3. The molecule has 0 radical (unpaired) electrons. The van der Waals surface area contributed by atoms with E-state index in [-0.39, 0.29) is 6.61 Å². The normalized spacial score (nSPS) is 28.6. The Hall–Kier alpha value is -1.12. The molecule has 2 aromatic rings. The molecule has 4 atom stereocenters. The van der Waals surface area contributed by atoms with Crippen LogP contribution in [0, 0.1) is 13.8 Å². The molecule has 0 bridgehead atoms. The summed E-state index contributed by atoms with van der Waals surface area (Å²) in [6.07, 6.45) is -1.88. The van der Waals surface area contributed by atoms with Crippen LogP contribution in [-0.4, -0.2) is 56.0 Å². The summed E-state index contributed by atoms with van der Waals surface area (Å²) in [6.45, 7) is 3.70. The second-order valence-corrected chi connectivity index (χ2v) is 6.40. The highest BCUT2D eigenvalue weighted by Crippen LogP contribution is 2.36. The predicted octanol–water partition coefficient (Wildman–Crippen LogP) is 0.987. The lowest BCUT2D eigenvalue weighted by molar-refractivity contribution is -0.0545. The van der Waals surface area contributed by atoms with Crippen molar-refractivity contribution < 1.29 is 20.1 Å². The minimum Gasteiger partial charge on any atom is -0.394 e. The molecule has 3 rings (SSSR count). The molecule has 0 saturated carbocycles. The molecule has 1 aliphatic rings. The molecule has 0 spiro atoms. The van der Waals surface area contributed by atoms with E-state index < -0.39 is 24.5 Å². The van der Waals surface area contributed by atoms with Gasteiger partial charge in [-0.05, 0) is 43.4 Å². The number of hydrogen-bond acceptors (Lipinski definition) is 6. The van der Waals surface area contributed by atoms with Gasteiger partial charge in [0.05, 0.1) is 17.6 Å². The Labute approximate surface area is 132 Å². The van der Waals surface area contributed by atoms with Crippen LogP contribution < -0.4 is 0 Å². The molecule has 1 aromatic carbocycles. The summed E-state index contributed by atoms with van der Waals surface area (Å²) in [7, 11) is 0. The van der Waals surface area contributed by atoms with Gasteiger partial charge in [0.15, 0.2) is 11.4 Å². The van der Waals surface area contributed by atoms with Crippen LogP contribution in [0.5, 0.6) is 0 Å². The van der Waals surface area contributed by atoms with E-state index in [1.54, 1.807) is 4.57 Å². The quantitative estimate of drug-likeness (QED) is 0.730. The van der Waals surface area contributed by atoms with Crippen molar-refractivity contribution in [2.45, 2.75) is 43.5 Å². The van der Waals surface area contributed by atoms with Crippen molar-refractivity contribution in [1.29, 1.82) is 0 Å². The Morgan fingerprint density at radius 2 is 1.91 bits per heavy atom. The van der Waals surface area contributed by atoms with Crippen LogP contribution in [0.3, 0.4) is 0 Å². The van der Waals surface area contributed by atoms with E-state index in [1.807, 2.05) is 32.2 Å². The average Bonchev–Trinajstić information content (AvgIpc) is 2.98. The Bertz CT molecular complexity index is 702. The minimum absolute atomic E-state index is 0.339. The summed E-state index contributed by atoms with van der Waals surface area (Å²) < 4.78 is 7.46. The highest BCUT2D eigenvalue weighted by molar-refractivity contribution is 7.98. The first-order valence-electron chi connectivity index (χ1n) is 7.13. The highest BCUT2D eigenvalue weighted by atomic mass is 32.2. The number of benzene rings is 1. The number of fused-ring (bicyclic) bond motifs is 1. The summed E-state index contributed by atoms with van der Waals surface area (Å²) >= 11 is 1.45. The third kappa shape index (κ3) is 2.33. The van der Waals surface area contributed by atoms with Crippen molar-refractivity contribution in [3.05, 3.63) is 23.3 Å². The molecule has 1 aliphatic heterocycles. The fourth-order valence-electron chi connectivity index (χ4n) is 2.81. The first-order chi connectivity index (χ1) is 10.5. The van der Waals surface area contributed by atoms with Crippen molar-refractivity contribution in [2.24, 2.45) is 0 Å². The number of hydrogen-bond donors (Lipinski definition) is 3. The molecule has 2 heterocycles. The van der Waals surface area contributed by atoms with Gasteiger partial charge in [0, 0.05) is 0 Å². The second kappa shape index (κ2) is 5.82. The monoisotopic (exact) mass is 324 g/mol. The molecule has 6 nitrogen and oxygen atoms in total. The van der Waals surface area contributed by atoms with Crippen LogP contribution in [0.15, 0.2) is 17.3 Å². The number of aliphatic hydroxyl groups is 3. The van der Waals surface area contributed by atoms with Gasteiger partial charge in [0.25, 0.3) is 0 Å². The van der Waals surface area contributed by atoms with Gasteiger partial charge < -0.3 is 20.1 Å². The fraction of sp³-hybridized carbons (Fsp3) is 0.533. The number of aryl methyl sites for hydroxylation is 2. The Kier molecular flexibility index (Phi) is 4.17. The van der Waals surface area contributed by atoms with Gasteiger partial charge in [-0.1, -0.05) is 11.8 Å². The molecule has 3 N–H and O–H groups in total. The summed E-state index contributed by atoms with van der Waals surface area (Å²) in [5.74, 6) is 0. The maximum Gasteiger partial charge on any atom is 0.170 e. The molecule has 22 heavy (non-hydrogen) atoms. The van der Waals surface area contributed by atoms with Crippen LogP contribution in [0.4, 0.5) is 0 Å². The van der Waals surface area contributed by atoms with Crippen molar-refractivity contribution in [3.63, 3.8) is 0 Å². The number of imidazole rings is 1. The van der Waals surface area contributed by atoms with E-state index in [2.05, 4.69) is 4.98 Å². The number of aromatic nitrogens is 2. The first-order valence-corrected chi connectivity index (χ1v) is 8.36. The highest BCUT2D eigenvalue weighted by Gasteiger charge is 2.44. The second-order valence-electron chi connectivity index (χ2n) is 5.62. The maximum absolute atomic E-state index is 10.3. The summed E-state index contributed by atoms with van der Waals surface area (Å²) in [6, 6.07) is 4.01. The van der Waals surface area contributed by atoms with Gasteiger partial charge in [-0.25, -0.2) is 4.98 Å². The largest absolute Gasteiger partial charge is 0.394 e. The van der Waals surface area contributed by atoms with Crippen LogP contribution in [0.2, 0.25) is 0 Å². The van der Waals surface area contributed by atoms with E-state index in [4.69, 9.17) is 4.74 Å². The smallest absolute Gasteiger partial charge is 0.170 e. The number of nitrogens with zero attached hydrogens (tertiary/aromatic N) is 2. The van der Waals surface area contributed by atoms with Crippen LogP contribution in [0.1, 0.15) is 17.4 Å². The Morgan fingerprint density at radius 3 is 2.50 bits per heavy atom. The van der Waals surface area contributed by atoms with Crippen molar-refractivity contribution in [2.75, 3.05) is 12.9 Å². The molecule has 1 saturated heterocycles. The predicted molar refractivity (Wildman–Crippen MR) is 84.0 cm³/mol. The molecule has 0 aliphatic carbocycles. The molecule has 0 unspecified atom stereocenters. The zero-order chi connectivity index (χ0) is 16.0. The molecule has 0 amide bonds. The number of thioether (sulfide) groups is 1. The lowest BCUT2D eigenvalue weighted by atomic mass is 10.1. The standard InChI is InChI=1S/C15H20N2O4S/c1-7-4-9-10(5-8(7)2)17(15(16-9)22-3)14-13(20)12(19)11(6-18)21-14/h4-5,11-14,18-20H,6H2,1-3H3/t11-,12+,13-,14+/m0/s1. The van der Waals surface area contributed by atoms with Gasteiger partial charge in [-0.2, -0.15) is 0 Å². The van der Waals surface area contributed by atoms with Crippen molar-refractivity contribution in [3.8, 4) is 0 Å². The van der Waals surface area contributed by atoms with Crippen molar-refractivity contribution in [1.82, 2.24) is 9.55 Å². The molecule has 7 heteroatoms. The van der Waals surface area contributed by atoms with Crippen molar-refractivity contribution >= 4 is 22.8 Å². The van der Waals surface area contributed by atoms with Gasteiger partial charge >= 0.3 is 0 Å². The SMILES string of the molecule is CSc1nc2cc(C)c(C)cc2n1[C@@H]1O[C@@H](CO)[C@@H](O)[C@@H]1O. The molecule has 120 valence electrons. The maximum atomic E-state index is 10.3. The average molecular weight is 324 g/mol. The van der Waals surface area contributed by atoms with Crippen LogP contribution in [-0.2, 0) is 4.74 Å². The van der Waals surface area contributed by atoms with Gasteiger partial charge in [-0.3, -0.25) is 4.57 Å². The van der Waals surface area contributed by atoms with E-state index in [1.165, 1.54) is 11.8 Å². The zero-order valence-electron chi connectivity index (χ0n) is 12.7. The Balaban J connectivity index is 2.15. The van der Waals surface area contributed by atoms with E-state index >= 15 is 0 Å². The van der Waals surface area contributed by atoms with Gasteiger partial charge in [-0.15, -0.1) is 0 Å². The number of aliphatic hydroxyl groups excluding tert-OH is 3. The third-order valence-electron chi connectivity index (χ3n) is 4.23. The first kappa shape index (κ1) is 15.8. The number of ether oxygens (including phenoxy) is 1. The lowest BCUT2D eigenvalue weighted by Crippen LogP contribution is -2.33. The Morgan fingerprint density at radius 1 is 1.23 bits per heavy atom. The third-order valence-corrected chi connectivity index (χ3v) is 4.88. The topological polar surface area (TPSA) is 87.7 Å². The molecular weight excluding hydrogens is 304 g/mol. The summed E-state index contributed by atoms with van der Waals surface area (Å²) in [4.78, 5) is 4.58. The fourth-order valence-corrected chi connectivity index (χ4v) is 3.40. The van der Waals surface area contributed by atoms with Gasteiger partial charge in [0.2, 0.25) is 0 Å². The van der Waals surface area contributed by atoms with Gasteiger partial charge in [0.1, 0.15) is 18.3 Å². The van der Waals surface area contributed by atoms with Crippen LogP contribution in [0.25, 0.3) is 11.0 Å². The summed E-state index contributed by atoms with van der Waals surface area (Å²) in [5.41, 5.74) is 3.94. The minimum atomic E-state index is -1.12. The lowest BCUT2D eigenvalue weighted by Gasteiger charge is -2.19. The zero-order valence-corrected chi connectivity index (χ0v) is 13.5. The van der Waals surface area contributed by atoms with E-state index in [9.17, 15) is 15.3 Å². The summed E-state index contributed by atoms with van der Waals surface area (Å²) in [5, 5.41) is 30.2. The van der Waals surface area contributed by atoms with E-state index in [0.29, 0.717) is 5.16 Å². The molecule has 1 aromatic heterocycles. The van der Waals surface area contributed by atoms with Crippen LogP contribution >= 0.6 is 11.8 Å². The molecular formula is C15H20N2O4S. The molecule has 1 fully saturated rings.